The fraction of sp³-hybridized carbons (Fsp3) is 0.0667. The van der Waals surface area contributed by atoms with Gasteiger partial charge in [-0.05, 0) is 24.3 Å². The van der Waals surface area contributed by atoms with Crippen molar-refractivity contribution in [2.24, 2.45) is 0 Å². The minimum absolute atomic E-state index is 0.301. The largest absolute Gasteiger partial charge is 0.478 e. The lowest BCUT2D eigenvalue weighted by molar-refractivity contribution is 0.0686. The van der Waals surface area contributed by atoms with E-state index in [1.165, 1.54) is 0 Å². The van der Waals surface area contributed by atoms with Crippen molar-refractivity contribution in [3.05, 3.63) is 65.7 Å². The van der Waals surface area contributed by atoms with E-state index in [4.69, 9.17) is 10.2 Å². The molecule has 5 nitrogen and oxygen atoms in total. The second-order valence-electron chi connectivity index (χ2n) is 3.77. The average Bonchev–Trinajstić information content (AvgIpc) is 2.48. The van der Waals surface area contributed by atoms with Crippen LogP contribution in [-0.2, 0) is 0 Å². The Bertz CT molecular complexity index is 581. The first kappa shape index (κ1) is 15.2. The summed E-state index contributed by atoms with van der Waals surface area (Å²) in [5.41, 5.74) is 1.27. The normalized spacial score (nSPS) is 9.05. The molecular formula is C15H15NO4. The van der Waals surface area contributed by atoms with Gasteiger partial charge in [-0.25, -0.2) is 9.59 Å². The standard InChI is InChI=1S/C8H9NO2.C7H6O2/c1-9-7-5-3-2-4-6(7)8(10)11;8-7(9)6-4-2-1-3-5-6/h2-5,9H,1H3,(H,10,11);1-5H,(H,8,9). The fourth-order valence-electron chi connectivity index (χ4n) is 1.47. The van der Waals surface area contributed by atoms with E-state index >= 15 is 0 Å². The first-order valence-electron chi connectivity index (χ1n) is 5.84. The Labute approximate surface area is 116 Å². The van der Waals surface area contributed by atoms with Crippen molar-refractivity contribution in [2.75, 3.05) is 12.4 Å². The van der Waals surface area contributed by atoms with Crippen molar-refractivity contribution < 1.29 is 19.8 Å². The second kappa shape index (κ2) is 7.58. The third-order valence-electron chi connectivity index (χ3n) is 2.45. The van der Waals surface area contributed by atoms with Crippen LogP contribution in [0.2, 0.25) is 0 Å². The van der Waals surface area contributed by atoms with Gasteiger partial charge in [-0.15, -0.1) is 0 Å². The molecule has 5 heteroatoms. The van der Waals surface area contributed by atoms with Gasteiger partial charge in [0.05, 0.1) is 11.1 Å². The maximum Gasteiger partial charge on any atom is 0.337 e. The smallest absolute Gasteiger partial charge is 0.337 e. The summed E-state index contributed by atoms with van der Waals surface area (Å²) in [4.78, 5) is 20.7. The Morgan fingerprint density at radius 3 is 1.80 bits per heavy atom. The maximum atomic E-state index is 10.5. The number of nitrogens with one attached hydrogen (secondary N) is 1. The molecule has 0 aromatic heterocycles. The first-order valence-corrected chi connectivity index (χ1v) is 5.84. The highest BCUT2D eigenvalue weighted by atomic mass is 16.4. The molecule has 0 saturated carbocycles. The molecule has 0 unspecified atom stereocenters. The molecule has 104 valence electrons. The zero-order valence-electron chi connectivity index (χ0n) is 10.9. The highest BCUT2D eigenvalue weighted by Crippen LogP contribution is 2.13. The Morgan fingerprint density at radius 1 is 0.850 bits per heavy atom. The molecule has 2 aromatic carbocycles. The summed E-state index contributed by atoms with van der Waals surface area (Å²) in [6, 6.07) is 15.1. The van der Waals surface area contributed by atoms with Gasteiger partial charge in [-0.3, -0.25) is 0 Å². The van der Waals surface area contributed by atoms with E-state index in [0.717, 1.165) is 0 Å². The third kappa shape index (κ3) is 4.45. The molecule has 0 fully saturated rings. The van der Waals surface area contributed by atoms with Crippen LogP contribution in [0.25, 0.3) is 0 Å². The van der Waals surface area contributed by atoms with E-state index in [2.05, 4.69) is 5.32 Å². The predicted octanol–water partition coefficient (Wildman–Crippen LogP) is 2.81. The van der Waals surface area contributed by atoms with Crippen molar-refractivity contribution >= 4 is 17.6 Å². The number of carboxylic acid groups (broad SMARTS) is 2. The molecule has 2 rings (SSSR count). The van der Waals surface area contributed by atoms with Crippen LogP contribution in [0.3, 0.4) is 0 Å². The molecule has 0 atom stereocenters. The van der Waals surface area contributed by atoms with E-state index in [9.17, 15) is 9.59 Å². The third-order valence-corrected chi connectivity index (χ3v) is 2.45. The van der Waals surface area contributed by atoms with Crippen LogP contribution in [0, 0.1) is 0 Å². The van der Waals surface area contributed by atoms with Gasteiger partial charge in [0.25, 0.3) is 0 Å². The summed E-state index contributed by atoms with van der Waals surface area (Å²) in [7, 11) is 1.70. The van der Waals surface area contributed by atoms with Crippen molar-refractivity contribution in [2.45, 2.75) is 0 Å². The molecule has 20 heavy (non-hydrogen) atoms. The summed E-state index contributed by atoms with van der Waals surface area (Å²) in [6.07, 6.45) is 0. The van der Waals surface area contributed by atoms with Crippen LogP contribution in [-0.4, -0.2) is 29.2 Å². The maximum absolute atomic E-state index is 10.5. The Kier molecular flexibility index (Phi) is 5.77. The average molecular weight is 273 g/mol. The molecule has 0 aliphatic rings. The predicted molar refractivity (Wildman–Crippen MR) is 76.3 cm³/mol. The summed E-state index contributed by atoms with van der Waals surface area (Å²) < 4.78 is 0. The van der Waals surface area contributed by atoms with Crippen LogP contribution in [0.1, 0.15) is 20.7 Å². The van der Waals surface area contributed by atoms with Crippen molar-refractivity contribution in [3.8, 4) is 0 Å². The zero-order chi connectivity index (χ0) is 15.0. The van der Waals surface area contributed by atoms with E-state index in [1.807, 2.05) is 0 Å². The van der Waals surface area contributed by atoms with Crippen molar-refractivity contribution in [3.63, 3.8) is 0 Å². The lowest BCUT2D eigenvalue weighted by atomic mass is 10.2. The molecule has 0 bridgehead atoms. The zero-order valence-corrected chi connectivity index (χ0v) is 10.9. The van der Waals surface area contributed by atoms with E-state index in [0.29, 0.717) is 16.8 Å². The SMILES string of the molecule is CNc1ccccc1C(=O)O.O=C(O)c1ccccc1. The minimum atomic E-state index is -0.907. The minimum Gasteiger partial charge on any atom is -0.478 e. The van der Waals surface area contributed by atoms with Gasteiger partial charge in [0.2, 0.25) is 0 Å². The molecule has 0 amide bonds. The number of hydrogen-bond acceptors (Lipinski definition) is 3. The monoisotopic (exact) mass is 273 g/mol. The number of anilines is 1. The van der Waals surface area contributed by atoms with Gasteiger partial charge in [-0.2, -0.15) is 0 Å². The number of carbonyl (C=O) groups is 2. The summed E-state index contributed by atoms with van der Waals surface area (Å²) in [5.74, 6) is -1.79. The van der Waals surface area contributed by atoms with Gasteiger partial charge in [0.15, 0.2) is 0 Å². The quantitative estimate of drug-likeness (QED) is 0.800. The van der Waals surface area contributed by atoms with E-state index < -0.39 is 11.9 Å². The Balaban J connectivity index is 0.000000204. The van der Waals surface area contributed by atoms with Crippen LogP contribution in [0.4, 0.5) is 5.69 Å². The van der Waals surface area contributed by atoms with Crippen molar-refractivity contribution in [1.29, 1.82) is 0 Å². The molecule has 3 N–H and O–H groups in total. The van der Waals surface area contributed by atoms with Crippen LogP contribution in [0.15, 0.2) is 54.6 Å². The number of benzene rings is 2. The summed E-state index contributed by atoms with van der Waals surface area (Å²) in [6.45, 7) is 0. The van der Waals surface area contributed by atoms with Crippen LogP contribution >= 0.6 is 0 Å². The van der Waals surface area contributed by atoms with Crippen LogP contribution < -0.4 is 5.32 Å². The molecule has 2 aromatic rings. The number of para-hydroxylation sites is 1. The van der Waals surface area contributed by atoms with Gasteiger partial charge in [0, 0.05) is 12.7 Å². The van der Waals surface area contributed by atoms with Crippen LogP contribution in [0.5, 0.6) is 0 Å². The highest BCUT2D eigenvalue weighted by molar-refractivity contribution is 5.94. The van der Waals surface area contributed by atoms with Gasteiger partial charge >= 0.3 is 11.9 Å². The lowest BCUT2D eigenvalue weighted by Crippen LogP contribution is -2.01. The van der Waals surface area contributed by atoms with Gasteiger partial charge in [0.1, 0.15) is 0 Å². The lowest BCUT2D eigenvalue weighted by Gasteiger charge is -2.02. The number of aromatic carboxylic acids is 2. The Hall–Kier alpha value is -2.82. The molecule has 0 spiro atoms. The number of carboxylic acids is 2. The van der Waals surface area contributed by atoms with Crippen molar-refractivity contribution in [1.82, 2.24) is 0 Å². The molecule has 0 aliphatic heterocycles. The van der Waals surface area contributed by atoms with Gasteiger partial charge in [-0.1, -0.05) is 30.3 Å². The molecular weight excluding hydrogens is 258 g/mol. The van der Waals surface area contributed by atoms with Gasteiger partial charge < -0.3 is 15.5 Å². The Morgan fingerprint density at radius 2 is 1.40 bits per heavy atom. The topological polar surface area (TPSA) is 86.6 Å². The molecule has 0 aliphatic carbocycles. The van der Waals surface area contributed by atoms with E-state index in [1.54, 1.807) is 61.6 Å². The molecule has 0 radical (unpaired) electrons. The fourth-order valence-corrected chi connectivity index (χ4v) is 1.47. The summed E-state index contributed by atoms with van der Waals surface area (Å²) >= 11 is 0. The molecule has 0 saturated heterocycles. The second-order valence-corrected chi connectivity index (χ2v) is 3.77. The highest BCUT2D eigenvalue weighted by Gasteiger charge is 2.05. The summed E-state index contributed by atoms with van der Waals surface area (Å²) in [5, 5.41) is 19.8. The van der Waals surface area contributed by atoms with E-state index in [-0.39, 0.29) is 0 Å². The number of rotatable bonds is 3. The molecule has 0 heterocycles. The first-order chi connectivity index (χ1) is 9.56. The number of hydrogen-bond donors (Lipinski definition) is 3.